The van der Waals surface area contributed by atoms with Crippen LogP contribution in [0.25, 0.3) is 0 Å². The summed E-state index contributed by atoms with van der Waals surface area (Å²) < 4.78 is 6.71. The molecule has 0 aromatic carbocycles. The van der Waals surface area contributed by atoms with Gasteiger partial charge in [0.15, 0.2) is 5.82 Å². The van der Waals surface area contributed by atoms with Crippen LogP contribution in [0.4, 0.5) is 5.95 Å². The molecule has 4 aromatic heterocycles. The van der Waals surface area contributed by atoms with E-state index in [4.69, 9.17) is 4.42 Å². The van der Waals surface area contributed by atoms with E-state index in [0.717, 1.165) is 83.0 Å². The van der Waals surface area contributed by atoms with Gasteiger partial charge in [-0.15, -0.1) is 0 Å². The van der Waals surface area contributed by atoms with Crippen molar-refractivity contribution in [2.45, 2.75) is 51.8 Å². The van der Waals surface area contributed by atoms with Gasteiger partial charge >= 0.3 is 0 Å². The van der Waals surface area contributed by atoms with Crippen LogP contribution in [0.5, 0.6) is 0 Å². The van der Waals surface area contributed by atoms with Crippen LogP contribution in [-0.4, -0.2) is 69.7 Å². The minimum absolute atomic E-state index is 0.212. The fraction of sp³-hybridized carbons (Fsp3) is 0.412. The molecule has 4 N–H and O–H groups in total. The number of furan rings is 1. The standard InChI is InChI=1S/C21H24BrN5O.C13H22N4O3S/c1-14-9-18(22)13-25-19(14)5-3-4-8-23-21-26-12-17(20(28)27-21)10-16-7-6-15(2)24-11-16;1-14-13(9-17(18)19)15-6-7-21-10-12-5-4-11(20-12)8-16(2)3/h6-7,9,11-13H,3-5,8,10H2,1-2H3,(H2,23,26,27,28);4-5,9,14-15H,6-8,10H2,1-3H3/b;13-9-. The Bertz CT molecular complexity index is 1690. The molecule has 0 bridgehead atoms. The van der Waals surface area contributed by atoms with E-state index in [9.17, 15) is 14.9 Å². The number of rotatable bonds is 18. The molecule has 0 amide bonds. The number of halogens is 1. The van der Waals surface area contributed by atoms with Gasteiger partial charge in [0, 0.05) is 72.3 Å². The number of aromatic nitrogens is 4. The number of thioether (sulfide) groups is 1. The zero-order valence-corrected chi connectivity index (χ0v) is 31.1. The number of nitro groups is 1. The van der Waals surface area contributed by atoms with Gasteiger partial charge in [0.05, 0.1) is 17.2 Å². The minimum atomic E-state index is -0.485. The Morgan fingerprint density at radius 2 is 1.92 bits per heavy atom. The Kier molecular flexibility index (Phi) is 16.8. The summed E-state index contributed by atoms with van der Waals surface area (Å²) in [6.45, 7) is 6.21. The lowest BCUT2D eigenvalue weighted by Crippen LogP contribution is -2.26. The molecule has 0 spiro atoms. The highest BCUT2D eigenvalue weighted by Gasteiger charge is 2.07. The molecule has 0 aliphatic heterocycles. The quantitative estimate of drug-likeness (QED) is 0.0579. The second-order valence-corrected chi connectivity index (χ2v) is 13.5. The molecule has 0 unspecified atom stereocenters. The van der Waals surface area contributed by atoms with Crippen LogP contribution in [-0.2, 0) is 25.1 Å². The van der Waals surface area contributed by atoms with Crippen LogP contribution in [0.3, 0.4) is 0 Å². The molecule has 0 radical (unpaired) electrons. The Balaban J connectivity index is 0.000000278. The number of H-pyrrole nitrogens is 1. The Labute approximate surface area is 300 Å². The van der Waals surface area contributed by atoms with Gasteiger partial charge in [-0.2, -0.15) is 16.7 Å². The van der Waals surface area contributed by atoms with Gasteiger partial charge in [0.2, 0.25) is 5.95 Å². The third-order valence-electron chi connectivity index (χ3n) is 7.02. The molecule has 0 fully saturated rings. The first-order chi connectivity index (χ1) is 23.5. The highest BCUT2D eigenvalue weighted by atomic mass is 79.9. The van der Waals surface area contributed by atoms with Crippen molar-refractivity contribution in [3.8, 4) is 0 Å². The Morgan fingerprint density at radius 3 is 2.59 bits per heavy atom. The molecule has 4 rings (SSSR count). The van der Waals surface area contributed by atoms with Crippen molar-refractivity contribution in [2.24, 2.45) is 0 Å². The van der Waals surface area contributed by atoms with Crippen LogP contribution < -0.4 is 21.5 Å². The number of aromatic amines is 1. The summed E-state index contributed by atoms with van der Waals surface area (Å²) in [4.78, 5) is 40.1. The van der Waals surface area contributed by atoms with Crippen molar-refractivity contribution in [2.75, 3.05) is 45.3 Å². The molecular formula is C34H46BrN9O4S. The first-order valence-corrected chi connectivity index (χ1v) is 17.9. The third-order valence-corrected chi connectivity index (χ3v) is 8.44. The maximum Gasteiger partial charge on any atom is 0.277 e. The fourth-order valence-corrected chi connectivity index (χ4v) is 5.74. The molecule has 0 saturated heterocycles. The molecule has 0 saturated carbocycles. The first-order valence-electron chi connectivity index (χ1n) is 15.9. The molecule has 4 heterocycles. The average Bonchev–Trinajstić information content (AvgIpc) is 3.49. The lowest BCUT2D eigenvalue weighted by molar-refractivity contribution is -0.404. The number of hydrogen-bond donors (Lipinski definition) is 4. The average molecular weight is 757 g/mol. The summed E-state index contributed by atoms with van der Waals surface area (Å²) in [5.41, 5.74) is 4.71. The van der Waals surface area contributed by atoms with E-state index < -0.39 is 4.92 Å². The molecule has 0 aliphatic carbocycles. The fourth-order valence-electron chi connectivity index (χ4n) is 4.55. The van der Waals surface area contributed by atoms with E-state index in [1.165, 1.54) is 5.56 Å². The van der Waals surface area contributed by atoms with Gasteiger partial charge in [-0.3, -0.25) is 24.9 Å². The number of aryl methyl sites for hydroxylation is 3. The summed E-state index contributed by atoms with van der Waals surface area (Å²) >= 11 is 5.15. The Hall–Kier alpha value is -4.21. The van der Waals surface area contributed by atoms with Gasteiger partial charge in [-0.25, -0.2) is 0 Å². The van der Waals surface area contributed by atoms with Gasteiger partial charge in [0.25, 0.3) is 11.8 Å². The number of hydrogen-bond acceptors (Lipinski definition) is 12. The second kappa shape index (κ2) is 21.0. The molecule has 0 atom stereocenters. The normalized spacial score (nSPS) is 11.2. The highest BCUT2D eigenvalue weighted by Crippen LogP contribution is 2.16. The summed E-state index contributed by atoms with van der Waals surface area (Å²) in [6, 6.07) is 10.00. The monoisotopic (exact) mass is 755 g/mol. The van der Waals surface area contributed by atoms with Crippen molar-refractivity contribution in [3.05, 3.63) is 125 Å². The van der Waals surface area contributed by atoms with Gasteiger partial charge < -0.3 is 30.3 Å². The molecule has 264 valence electrons. The summed E-state index contributed by atoms with van der Waals surface area (Å²) in [6.07, 6.45) is 9.73. The number of anilines is 1. The van der Waals surface area contributed by atoms with Crippen molar-refractivity contribution in [1.29, 1.82) is 0 Å². The summed E-state index contributed by atoms with van der Waals surface area (Å²) in [5, 5.41) is 19.2. The molecule has 4 aromatic rings. The minimum Gasteiger partial charge on any atom is -0.464 e. The predicted octanol–water partition coefficient (Wildman–Crippen LogP) is 5.42. The van der Waals surface area contributed by atoms with Crippen LogP contribution in [0.1, 0.15) is 52.4 Å². The van der Waals surface area contributed by atoms with Gasteiger partial charge in [0.1, 0.15) is 11.5 Å². The SMILES string of the molecule is CN/C(=C/[N+](=O)[O-])NCCSCc1ccc(CN(C)C)o1.Cc1ccc(Cc2c[nH]c(NCCCCc3ncc(Br)cc3C)nc2=O)cn1. The summed E-state index contributed by atoms with van der Waals surface area (Å²) in [7, 11) is 5.64. The van der Waals surface area contributed by atoms with Gasteiger partial charge in [-0.1, -0.05) is 6.07 Å². The smallest absolute Gasteiger partial charge is 0.277 e. The second-order valence-electron chi connectivity index (χ2n) is 11.5. The van der Waals surface area contributed by atoms with E-state index >= 15 is 0 Å². The van der Waals surface area contributed by atoms with Crippen LogP contribution in [0.2, 0.25) is 0 Å². The van der Waals surface area contributed by atoms with Crippen molar-refractivity contribution in [3.63, 3.8) is 0 Å². The lowest BCUT2D eigenvalue weighted by atomic mass is 10.1. The maximum absolute atomic E-state index is 12.2. The third kappa shape index (κ3) is 15.3. The number of unbranched alkanes of at least 4 members (excludes halogenated alkanes) is 1. The van der Waals surface area contributed by atoms with E-state index in [1.54, 1.807) is 31.2 Å². The van der Waals surface area contributed by atoms with E-state index in [2.05, 4.69) is 69.7 Å². The topological polar surface area (TPSA) is 167 Å². The predicted molar refractivity (Wildman–Crippen MR) is 199 cm³/mol. The Morgan fingerprint density at radius 1 is 1.12 bits per heavy atom. The van der Waals surface area contributed by atoms with Crippen LogP contribution in [0.15, 0.2) is 74.6 Å². The number of nitrogens with one attached hydrogen (secondary N) is 4. The van der Waals surface area contributed by atoms with E-state index in [-0.39, 0.29) is 5.56 Å². The zero-order valence-electron chi connectivity index (χ0n) is 28.7. The largest absolute Gasteiger partial charge is 0.464 e. The molecule has 13 nitrogen and oxygen atoms in total. The molecule has 49 heavy (non-hydrogen) atoms. The number of pyridine rings is 2. The first kappa shape index (κ1) is 39.2. The molecular weight excluding hydrogens is 710 g/mol. The van der Waals surface area contributed by atoms with E-state index in [0.29, 0.717) is 30.3 Å². The maximum atomic E-state index is 12.2. The highest BCUT2D eigenvalue weighted by molar-refractivity contribution is 9.10. The molecule has 0 aliphatic rings. The molecule has 15 heteroatoms. The van der Waals surface area contributed by atoms with Crippen LogP contribution >= 0.6 is 27.7 Å². The number of nitrogens with zero attached hydrogens (tertiary/aromatic N) is 5. The van der Waals surface area contributed by atoms with Gasteiger partial charge in [-0.05, 0) is 98.5 Å². The van der Waals surface area contributed by atoms with Crippen molar-refractivity contribution < 1.29 is 9.34 Å². The zero-order chi connectivity index (χ0) is 35.6. The summed E-state index contributed by atoms with van der Waals surface area (Å²) in [5.74, 6) is 4.45. The van der Waals surface area contributed by atoms with Crippen LogP contribution in [0, 0.1) is 24.0 Å². The van der Waals surface area contributed by atoms with Crippen molar-refractivity contribution >= 4 is 33.6 Å². The lowest BCUT2D eigenvalue weighted by Gasteiger charge is -2.08. The van der Waals surface area contributed by atoms with E-state index in [1.807, 2.05) is 51.5 Å². The van der Waals surface area contributed by atoms with Crippen molar-refractivity contribution in [1.82, 2.24) is 35.5 Å².